The first-order chi connectivity index (χ1) is 16.7. The van der Waals surface area contributed by atoms with Gasteiger partial charge < -0.3 is 20.5 Å². The highest BCUT2D eigenvalue weighted by atomic mass is 16.5. The van der Waals surface area contributed by atoms with Crippen LogP contribution >= 0.6 is 0 Å². The summed E-state index contributed by atoms with van der Waals surface area (Å²) in [7, 11) is 0. The molecule has 0 bridgehead atoms. The summed E-state index contributed by atoms with van der Waals surface area (Å²) in [6.07, 6.45) is 8.72. The monoisotopic (exact) mass is 457 g/mol. The highest BCUT2D eigenvalue weighted by Gasteiger charge is 2.06. The van der Waals surface area contributed by atoms with Crippen molar-refractivity contribution in [2.75, 3.05) is 25.1 Å². The van der Waals surface area contributed by atoms with E-state index in [0.29, 0.717) is 43.7 Å². The molecule has 9 nitrogen and oxygen atoms in total. The number of aliphatic imine (C=N–C) groups is 1. The minimum absolute atomic E-state index is 0.330. The van der Waals surface area contributed by atoms with E-state index in [1.165, 1.54) is 6.34 Å². The van der Waals surface area contributed by atoms with E-state index in [4.69, 9.17) is 15.2 Å². The number of H-pyrrole nitrogens is 1. The van der Waals surface area contributed by atoms with Crippen LogP contribution in [-0.2, 0) is 16.0 Å². The van der Waals surface area contributed by atoms with Crippen LogP contribution in [0.5, 0.6) is 0 Å². The lowest BCUT2D eigenvalue weighted by atomic mass is 10.1. The van der Waals surface area contributed by atoms with Crippen molar-refractivity contribution in [3.8, 4) is 0 Å². The van der Waals surface area contributed by atoms with Gasteiger partial charge in [-0.3, -0.25) is 10.5 Å². The van der Waals surface area contributed by atoms with Crippen LogP contribution in [0.15, 0.2) is 95.0 Å². The zero-order valence-electron chi connectivity index (χ0n) is 18.7. The third-order valence-electron chi connectivity index (χ3n) is 4.97. The molecule has 5 N–H and O–H groups in total. The molecule has 1 aromatic heterocycles. The lowest BCUT2D eigenvalue weighted by Crippen LogP contribution is -2.20. The Labute approximate surface area is 197 Å². The molecule has 0 saturated heterocycles. The summed E-state index contributed by atoms with van der Waals surface area (Å²) in [6, 6.07) is 13.9. The van der Waals surface area contributed by atoms with Crippen LogP contribution in [0.4, 0.5) is 5.69 Å². The number of fused-ring (bicyclic) bond motifs is 1. The normalized spacial score (nSPS) is 17.7. The van der Waals surface area contributed by atoms with Crippen molar-refractivity contribution < 1.29 is 9.47 Å². The number of allylic oxidation sites excluding steroid dienone is 2. The molecule has 174 valence electrons. The van der Waals surface area contributed by atoms with E-state index in [1.54, 1.807) is 6.08 Å². The number of nitrogens with zero attached hydrogens (tertiary/aromatic N) is 3. The molecular formula is C25H27N7O2. The summed E-state index contributed by atoms with van der Waals surface area (Å²) < 4.78 is 10.8. The average molecular weight is 458 g/mol. The molecule has 0 spiro atoms. The summed E-state index contributed by atoms with van der Waals surface area (Å²) in [4.78, 5) is 4.35. The molecule has 3 aromatic rings. The first-order valence-electron chi connectivity index (χ1n) is 10.8. The zero-order chi connectivity index (χ0) is 23.6. The smallest absolute Gasteiger partial charge is 0.153 e. The number of anilines is 1. The molecule has 0 aliphatic carbocycles. The maximum absolute atomic E-state index is 6.24. The number of hydrogen-bond acceptors (Lipinski definition) is 6. The van der Waals surface area contributed by atoms with Gasteiger partial charge in [-0.25, -0.2) is 4.99 Å². The fourth-order valence-electron chi connectivity index (χ4n) is 3.31. The van der Waals surface area contributed by atoms with Crippen LogP contribution < -0.4 is 16.5 Å². The fourth-order valence-corrected chi connectivity index (χ4v) is 3.31. The minimum atomic E-state index is 0.330. The SMILES string of the molecule is C=C1/C=C(N=CN/N=C(\N)c2ccccc2NCc2ccc3[nH]ncc3c2)\C=C/COCCO1. The Balaban J connectivity index is 1.40. The second-order valence-corrected chi connectivity index (χ2v) is 7.44. The van der Waals surface area contributed by atoms with E-state index in [9.17, 15) is 0 Å². The number of aromatic amines is 1. The van der Waals surface area contributed by atoms with Crippen LogP contribution in [0.2, 0.25) is 0 Å². The van der Waals surface area contributed by atoms with Crippen LogP contribution in [-0.4, -0.2) is 42.2 Å². The van der Waals surface area contributed by atoms with Crippen molar-refractivity contribution in [1.29, 1.82) is 0 Å². The fraction of sp³-hybridized carbons (Fsp3) is 0.160. The van der Waals surface area contributed by atoms with Crippen molar-refractivity contribution in [2.24, 2.45) is 15.8 Å². The highest BCUT2D eigenvalue weighted by Crippen LogP contribution is 2.18. The lowest BCUT2D eigenvalue weighted by molar-refractivity contribution is 0.0949. The number of nitrogens with one attached hydrogen (secondary N) is 3. The Morgan fingerprint density at radius 2 is 2.15 bits per heavy atom. The summed E-state index contributed by atoms with van der Waals surface area (Å²) in [6.45, 7) is 5.94. The molecule has 0 fully saturated rings. The number of benzene rings is 2. The Morgan fingerprint density at radius 3 is 3.09 bits per heavy atom. The second kappa shape index (κ2) is 11.5. The van der Waals surface area contributed by atoms with E-state index >= 15 is 0 Å². The van der Waals surface area contributed by atoms with Gasteiger partial charge in [0, 0.05) is 29.3 Å². The van der Waals surface area contributed by atoms with Crippen LogP contribution in [0.1, 0.15) is 11.1 Å². The molecule has 34 heavy (non-hydrogen) atoms. The van der Waals surface area contributed by atoms with Gasteiger partial charge in [-0.1, -0.05) is 30.9 Å². The number of rotatable bonds is 7. The van der Waals surface area contributed by atoms with Crippen LogP contribution in [0.3, 0.4) is 0 Å². The molecule has 2 aromatic carbocycles. The van der Waals surface area contributed by atoms with Gasteiger partial charge in [-0.15, -0.1) is 0 Å². The predicted octanol–water partition coefficient (Wildman–Crippen LogP) is 3.41. The van der Waals surface area contributed by atoms with Gasteiger partial charge >= 0.3 is 0 Å². The molecule has 1 aliphatic heterocycles. The highest BCUT2D eigenvalue weighted by molar-refractivity contribution is 6.02. The summed E-state index contributed by atoms with van der Waals surface area (Å²) >= 11 is 0. The van der Waals surface area contributed by atoms with Gasteiger partial charge in [0.05, 0.1) is 30.6 Å². The molecule has 2 heterocycles. The first kappa shape index (κ1) is 22.8. The Hall–Kier alpha value is -4.37. The molecule has 4 rings (SSSR count). The number of para-hydroxylation sites is 1. The van der Waals surface area contributed by atoms with Gasteiger partial charge in [-0.05, 0) is 35.9 Å². The quantitative estimate of drug-likeness (QED) is 0.245. The minimum Gasteiger partial charge on any atom is -0.492 e. The van der Waals surface area contributed by atoms with Crippen molar-refractivity contribution in [3.63, 3.8) is 0 Å². The first-order valence-corrected chi connectivity index (χ1v) is 10.8. The number of nitrogens with two attached hydrogens (primary N) is 1. The number of ether oxygens (including phenoxy) is 2. The van der Waals surface area contributed by atoms with E-state index in [-0.39, 0.29) is 0 Å². The van der Waals surface area contributed by atoms with E-state index in [2.05, 4.69) is 49.7 Å². The molecular weight excluding hydrogens is 430 g/mol. The molecule has 0 amide bonds. The third-order valence-corrected chi connectivity index (χ3v) is 4.97. The molecule has 0 atom stereocenters. The maximum atomic E-state index is 6.24. The largest absolute Gasteiger partial charge is 0.492 e. The Morgan fingerprint density at radius 1 is 1.24 bits per heavy atom. The molecule has 1 aliphatic rings. The van der Waals surface area contributed by atoms with Crippen molar-refractivity contribution in [1.82, 2.24) is 15.6 Å². The summed E-state index contributed by atoms with van der Waals surface area (Å²) in [5.74, 6) is 0.841. The van der Waals surface area contributed by atoms with Crippen molar-refractivity contribution in [3.05, 3.63) is 96.1 Å². The lowest BCUT2D eigenvalue weighted by Gasteiger charge is -2.12. The summed E-state index contributed by atoms with van der Waals surface area (Å²) in [5.41, 5.74) is 13.5. The van der Waals surface area contributed by atoms with Crippen molar-refractivity contribution in [2.45, 2.75) is 6.54 Å². The van der Waals surface area contributed by atoms with Gasteiger partial charge in [0.15, 0.2) is 5.84 Å². The molecule has 9 heteroatoms. The van der Waals surface area contributed by atoms with Crippen molar-refractivity contribution >= 4 is 28.8 Å². The van der Waals surface area contributed by atoms with Gasteiger partial charge in [0.25, 0.3) is 0 Å². The predicted molar refractivity (Wildman–Crippen MR) is 135 cm³/mol. The zero-order valence-corrected chi connectivity index (χ0v) is 18.7. The molecule has 0 saturated carbocycles. The average Bonchev–Trinajstić information content (AvgIpc) is 3.32. The van der Waals surface area contributed by atoms with E-state index in [0.717, 1.165) is 27.7 Å². The third kappa shape index (κ3) is 6.33. The Bertz CT molecular complexity index is 1260. The maximum Gasteiger partial charge on any atom is 0.153 e. The van der Waals surface area contributed by atoms with Gasteiger partial charge in [0.2, 0.25) is 0 Å². The van der Waals surface area contributed by atoms with Gasteiger partial charge in [-0.2, -0.15) is 10.2 Å². The van der Waals surface area contributed by atoms with E-state index in [1.807, 2.05) is 48.7 Å². The van der Waals surface area contributed by atoms with Crippen LogP contribution in [0, 0.1) is 0 Å². The second-order valence-electron chi connectivity index (χ2n) is 7.44. The Kier molecular flexibility index (Phi) is 7.70. The van der Waals surface area contributed by atoms with E-state index < -0.39 is 0 Å². The molecule has 0 radical (unpaired) electrons. The van der Waals surface area contributed by atoms with Gasteiger partial charge in [0.1, 0.15) is 18.7 Å². The number of hydrogen-bond donors (Lipinski definition) is 4. The number of hydrazone groups is 1. The van der Waals surface area contributed by atoms with Crippen LogP contribution in [0.25, 0.3) is 10.9 Å². The summed E-state index contributed by atoms with van der Waals surface area (Å²) in [5, 5.41) is 15.8. The number of amidine groups is 1. The molecule has 0 unspecified atom stereocenters. The topological polar surface area (TPSA) is 122 Å². The standard InChI is InChI=1S/C25H27N7O2/c1-18-13-21(5-4-10-33-11-12-34-18)28-17-30-32-25(26)22-6-2-3-7-24(22)27-15-19-8-9-23-20(14-19)16-29-31-23/h2-9,13-14,16-17,27H,1,10-12,15H2,(H2,26,32)(H,28,30)(H,29,31)/b5-4-,21-13+. The number of aromatic nitrogens is 2.